The Labute approximate surface area is 136 Å². The Morgan fingerprint density at radius 1 is 1.26 bits per heavy atom. The van der Waals surface area contributed by atoms with Crippen LogP contribution in [0, 0.1) is 0 Å². The molecule has 6 heteroatoms. The zero-order valence-electron chi connectivity index (χ0n) is 13.5. The molecular weight excluding hydrogens is 298 g/mol. The molecule has 2 rings (SSSR count). The smallest absolute Gasteiger partial charge is 0.411 e. The van der Waals surface area contributed by atoms with Crippen molar-refractivity contribution in [3.05, 3.63) is 35.9 Å². The van der Waals surface area contributed by atoms with Gasteiger partial charge in [0.2, 0.25) is 0 Å². The van der Waals surface area contributed by atoms with E-state index < -0.39 is 17.6 Å². The summed E-state index contributed by atoms with van der Waals surface area (Å²) in [5, 5.41) is 9.60. The molecule has 1 amide bonds. The molecule has 23 heavy (non-hydrogen) atoms. The van der Waals surface area contributed by atoms with E-state index in [4.69, 9.17) is 9.47 Å². The molecule has 0 bridgehead atoms. The van der Waals surface area contributed by atoms with Gasteiger partial charge in [0.1, 0.15) is 12.1 Å². The molecule has 1 saturated carbocycles. The molecule has 0 atom stereocenters. The number of nitrogens with zero attached hydrogens (tertiary/aromatic N) is 1. The lowest BCUT2D eigenvalue weighted by Gasteiger charge is -2.49. The van der Waals surface area contributed by atoms with Crippen molar-refractivity contribution in [3.63, 3.8) is 0 Å². The number of ether oxygens (including phenoxy) is 2. The van der Waals surface area contributed by atoms with Crippen LogP contribution in [0.25, 0.3) is 0 Å². The number of hydrogen-bond acceptors (Lipinski definition) is 4. The quantitative estimate of drug-likeness (QED) is 0.835. The molecule has 126 valence electrons. The fraction of sp³-hybridized carbons (Fsp3) is 0.529. The van der Waals surface area contributed by atoms with Gasteiger partial charge in [0, 0.05) is 26.0 Å². The van der Waals surface area contributed by atoms with Gasteiger partial charge >= 0.3 is 12.1 Å². The number of rotatable bonds is 7. The molecule has 1 aliphatic rings. The normalized spacial score (nSPS) is 23.0. The van der Waals surface area contributed by atoms with Crippen molar-refractivity contribution in [2.75, 3.05) is 13.2 Å². The van der Waals surface area contributed by atoms with Gasteiger partial charge in [-0.3, -0.25) is 4.90 Å². The summed E-state index contributed by atoms with van der Waals surface area (Å²) < 4.78 is 10.7. The minimum atomic E-state index is -1.22. The fourth-order valence-electron chi connectivity index (χ4n) is 2.96. The van der Waals surface area contributed by atoms with Crippen molar-refractivity contribution in [2.45, 2.75) is 44.9 Å². The molecule has 1 N–H and O–H groups in total. The van der Waals surface area contributed by atoms with Crippen molar-refractivity contribution in [3.8, 4) is 0 Å². The van der Waals surface area contributed by atoms with Crippen LogP contribution in [-0.4, -0.2) is 46.9 Å². The molecule has 0 aliphatic heterocycles. The van der Waals surface area contributed by atoms with Crippen molar-refractivity contribution < 1.29 is 24.2 Å². The number of carboxylic acids is 1. The topological polar surface area (TPSA) is 76.1 Å². The predicted molar refractivity (Wildman–Crippen MR) is 84.0 cm³/mol. The van der Waals surface area contributed by atoms with E-state index in [-0.39, 0.29) is 19.3 Å². The molecular formula is C17H23NO5. The summed E-state index contributed by atoms with van der Waals surface area (Å²) in [6.45, 7) is 4.55. The molecule has 1 aromatic carbocycles. The lowest BCUT2D eigenvalue weighted by molar-refractivity contribution is -0.170. The largest absolute Gasteiger partial charge is 0.479 e. The first-order valence-electron chi connectivity index (χ1n) is 7.86. The van der Waals surface area contributed by atoms with E-state index in [1.165, 1.54) is 4.90 Å². The van der Waals surface area contributed by atoms with E-state index in [0.717, 1.165) is 5.56 Å². The highest BCUT2D eigenvalue weighted by molar-refractivity contribution is 5.85. The number of aliphatic carboxylic acids is 1. The van der Waals surface area contributed by atoms with Crippen LogP contribution in [0.5, 0.6) is 0 Å². The molecule has 0 unspecified atom stereocenters. The lowest BCUT2D eigenvalue weighted by Crippen LogP contribution is -2.66. The van der Waals surface area contributed by atoms with E-state index in [0.29, 0.717) is 19.4 Å². The summed E-state index contributed by atoms with van der Waals surface area (Å²) in [5.74, 6) is -1.01. The van der Waals surface area contributed by atoms with Crippen LogP contribution in [0.1, 0.15) is 32.3 Å². The molecule has 0 heterocycles. The highest BCUT2D eigenvalue weighted by atomic mass is 16.6. The number of benzene rings is 1. The van der Waals surface area contributed by atoms with E-state index in [1.807, 2.05) is 37.3 Å². The summed E-state index contributed by atoms with van der Waals surface area (Å²) in [6.07, 6.45) is -0.129. The Balaban J connectivity index is 2.02. The third-order valence-corrected chi connectivity index (χ3v) is 4.19. The first kappa shape index (κ1) is 17.3. The van der Waals surface area contributed by atoms with Crippen molar-refractivity contribution in [2.24, 2.45) is 0 Å². The van der Waals surface area contributed by atoms with Crippen LogP contribution in [0.15, 0.2) is 30.3 Å². The molecule has 0 radical (unpaired) electrons. The average Bonchev–Trinajstić information content (AvgIpc) is 2.51. The fourth-order valence-corrected chi connectivity index (χ4v) is 2.96. The highest BCUT2D eigenvalue weighted by Crippen LogP contribution is 2.40. The Kier molecular flexibility index (Phi) is 5.60. The van der Waals surface area contributed by atoms with Gasteiger partial charge in [-0.15, -0.1) is 0 Å². The minimum absolute atomic E-state index is 0.118. The second-order valence-electron chi connectivity index (χ2n) is 5.61. The molecule has 1 aliphatic carbocycles. The minimum Gasteiger partial charge on any atom is -0.479 e. The maximum Gasteiger partial charge on any atom is 0.411 e. The van der Waals surface area contributed by atoms with Gasteiger partial charge in [0.25, 0.3) is 0 Å². The number of carbonyl (C=O) groups excluding carboxylic acids is 1. The van der Waals surface area contributed by atoms with Gasteiger partial charge in [0.15, 0.2) is 0 Å². The standard InChI is InChI=1S/C17H23NO5/c1-3-18(16(21)23-12-13-8-6-5-7-9-13)17(15(19)20)10-14(11-17)22-4-2/h5-9,14H,3-4,10-12H2,1-2H3,(H,19,20). The summed E-state index contributed by atoms with van der Waals surface area (Å²) in [6, 6.07) is 9.30. The Morgan fingerprint density at radius 3 is 2.43 bits per heavy atom. The van der Waals surface area contributed by atoms with Crippen LogP contribution in [-0.2, 0) is 20.9 Å². The van der Waals surface area contributed by atoms with Crippen LogP contribution < -0.4 is 0 Å². The molecule has 0 saturated heterocycles. The zero-order chi connectivity index (χ0) is 16.9. The summed E-state index contributed by atoms with van der Waals surface area (Å²) in [5.41, 5.74) is -0.357. The summed E-state index contributed by atoms with van der Waals surface area (Å²) >= 11 is 0. The number of carboxylic acid groups (broad SMARTS) is 1. The lowest BCUT2D eigenvalue weighted by atomic mass is 9.73. The molecule has 1 fully saturated rings. The monoisotopic (exact) mass is 321 g/mol. The summed E-state index contributed by atoms with van der Waals surface area (Å²) in [7, 11) is 0. The maximum absolute atomic E-state index is 12.4. The van der Waals surface area contributed by atoms with Crippen LogP contribution in [0.3, 0.4) is 0 Å². The van der Waals surface area contributed by atoms with Crippen molar-refractivity contribution in [1.29, 1.82) is 0 Å². The van der Waals surface area contributed by atoms with Gasteiger partial charge in [-0.05, 0) is 19.4 Å². The van der Waals surface area contributed by atoms with Gasteiger partial charge in [-0.25, -0.2) is 9.59 Å². The van der Waals surface area contributed by atoms with Gasteiger partial charge in [-0.1, -0.05) is 30.3 Å². The van der Waals surface area contributed by atoms with E-state index in [2.05, 4.69) is 0 Å². The van der Waals surface area contributed by atoms with Crippen LogP contribution in [0.4, 0.5) is 4.79 Å². The highest BCUT2D eigenvalue weighted by Gasteiger charge is 2.57. The third kappa shape index (κ3) is 3.64. The van der Waals surface area contributed by atoms with Crippen molar-refractivity contribution >= 4 is 12.1 Å². The van der Waals surface area contributed by atoms with Gasteiger partial charge in [0.05, 0.1) is 6.10 Å². The molecule has 0 spiro atoms. The molecule has 0 aromatic heterocycles. The Bertz CT molecular complexity index is 539. The first-order chi connectivity index (χ1) is 11.0. The Hall–Kier alpha value is -2.08. The molecule has 1 aromatic rings. The number of amides is 1. The van der Waals surface area contributed by atoms with Gasteiger partial charge < -0.3 is 14.6 Å². The van der Waals surface area contributed by atoms with Crippen LogP contribution >= 0.6 is 0 Å². The molecule has 6 nitrogen and oxygen atoms in total. The van der Waals surface area contributed by atoms with E-state index in [1.54, 1.807) is 6.92 Å². The van der Waals surface area contributed by atoms with Gasteiger partial charge in [-0.2, -0.15) is 0 Å². The predicted octanol–water partition coefficient (Wildman–Crippen LogP) is 2.67. The second kappa shape index (κ2) is 7.46. The first-order valence-corrected chi connectivity index (χ1v) is 7.86. The average molecular weight is 321 g/mol. The summed E-state index contributed by atoms with van der Waals surface area (Å²) in [4.78, 5) is 25.4. The van der Waals surface area contributed by atoms with E-state index >= 15 is 0 Å². The SMILES string of the molecule is CCOC1CC(C(=O)O)(N(CC)C(=O)OCc2ccccc2)C1. The zero-order valence-corrected chi connectivity index (χ0v) is 13.5. The maximum atomic E-state index is 12.4. The van der Waals surface area contributed by atoms with Crippen molar-refractivity contribution in [1.82, 2.24) is 4.90 Å². The second-order valence-corrected chi connectivity index (χ2v) is 5.61. The number of carbonyl (C=O) groups is 2. The van der Waals surface area contributed by atoms with E-state index in [9.17, 15) is 14.7 Å². The number of likely N-dealkylation sites (N-methyl/N-ethyl adjacent to an activating group) is 1. The third-order valence-electron chi connectivity index (χ3n) is 4.19. The van der Waals surface area contributed by atoms with Crippen LogP contribution in [0.2, 0.25) is 0 Å². The Morgan fingerprint density at radius 2 is 1.91 bits per heavy atom. The number of hydrogen-bond donors (Lipinski definition) is 1.